The van der Waals surface area contributed by atoms with Gasteiger partial charge in [0.15, 0.2) is 0 Å². The summed E-state index contributed by atoms with van der Waals surface area (Å²) in [5.41, 5.74) is 2.70. The highest BCUT2D eigenvalue weighted by Crippen LogP contribution is 2.28. The van der Waals surface area contributed by atoms with E-state index in [1.54, 1.807) is 0 Å². The lowest BCUT2D eigenvalue weighted by Crippen LogP contribution is -2.58. The van der Waals surface area contributed by atoms with Gasteiger partial charge in [0.25, 0.3) is 0 Å². The third-order valence-electron chi connectivity index (χ3n) is 4.66. The standard InChI is InChI=1S/C16H31N5/c1-7-8-17-11-14-13(2)18-20(6)15(14)21-10-9-19(5)16(3,4)12-21/h17H,7-12H2,1-6H3. The van der Waals surface area contributed by atoms with Gasteiger partial charge in [-0.2, -0.15) is 5.10 Å². The maximum atomic E-state index is 4.65. The molecule has 120 valence electrons. The number of aromatic nitrogens is 2. The molecule has 1 aromatic heterocycles. The molecule has 0 radical (unpaired) electrons. The number of anilines is 1. The predicted molar refractivity (Wildman–Crippen MR) is 88.9 cm³/mol. The molecule has 0 amide bonds. The van der Waals surface area contributed by atoms with Gasteiger partial charge in [-0.3, -0.25) is 9.58 Å². The van der Waals surface area contributed by atoms with Crippen molar-refractivity contribution in [3.05, 3.63) is 11.3 Å². The van der Waals surface area contributed by atoms with Crippen LogP contribution in [-0.4, -0.2) is 53.4 Å². The summed E-state index contributed by atoms with van der Waals surface area (Å²) in [6, 6.07) is 0. The SMILES string of the molecule is CCCNCc1c(C)nn(C)c1N1CCN(C)C(C)(C)C1. The van der Waals surface area contributed by atoms with Crippen LogP contribution in [0.4, 0.5) is 5.82 Å². The van der Waals surface area contributed by atoms with Crippen molar-refractivity contribution in [1.82, 2.24) is 20.0 Å². The van der Waals surface area contributed by atoms with E-state index in [0.29, 0.717) is 0 Å². The van der Waals surface area contributed by atoms with Crippen LogP contribution >= 0.6 is 0 Å². The molecule has 5 nitrogen and oxygen atoms in total. The zero-order valence-corrected chi connectivity index (χ0v) is 14.5. The molecular formula is C16H31N5. The van der Waals surface area contributed by atoms with E-state index in [4.69, 9.17) is 0 Å². The lowest BCUT2D eigenvalue weighted by atomic mass is 9.99. The number of nitrogens with one attached hydrogen (secondary N) is 1. The van der Waals surface area contributed by atoms with Crippen molar-refractivity contribution in [2.45, 2.75) is 46.2 Å². The Labute approximate surface area is 129 Å². The van der Waals surface area contributed by atoms with Gasteiger partial charge in [-0.25, -0.2) is 0 Å². The third-order valence-corrected chi connectivity index (χ3v) is 4.66. The van der Waals surface area contributed by atoms with Crippen LogP contribution in [0.3, 0.4) is 0 Å². The Balaban J connectivity index is 2.22. The van der Waals surface area contributed by atoms with E-state index in [0.717, 1.165) is 44.8 Å². The van der Waals surface area contributed by atoms with Crippen LogP contribution < -0.4 is 10.2 Å². The van der Waals surface area contributed by atoms with Crippen LogP contribution in [0.5, 0.6) is 0 Å². The van der Waals surface area contributed by atoms with Gasteiger partial charge in [0.1, 0.15) is 5.82 Å². The molecule has 5 heteroatoms. The molecule has 1 N–H and O–H groups in total. The van der Waals surface area contributed by atoms with Gasteiger partial charge in [0, 0.05) is 44.3 Å². The van der Waals surface area contributed by atoms with Crippen LogP contribution in [0, 0.1) is 6.92 Å². The van der Waals surface area contributed by atoms with E-state index >= 15 is 0 Å². The van der Waals surface area contributed by atoms with Gasteiger partial charge in [-0.05, 0) is 40.8 Å². The Morgan fingerprint density at radius 1 is 1.24 bits per heavy atom. The molecule has 1 aliphatic heterocycles. The minimum Gasteiger partial charge on any atom is -0.353 e. The van der Waals surface area contributed by atoms with Gasteiger partial charge < -0.3 is 10.2 Å². The van der Waals surface area contributed by atoms with E-state index in [-0.39, 0.29) is 5.54 Å². The topological polar surface area (TPSA) is 36.3 Å². The van der Waals surface area contributed by atoms with Crippen molar-refractivity contribution in [1.29, 1.82) is 0 Å². The highest BCUT2D eigenvalue weighted by molar-refractivity contribution is 5.51. The maximum absolute atomic E-state index is 4.65. The van der Waals surface area contributed by atoms with Crippen LogP contribution in [0.1, 0.15) is 38.4 Å². The predicted octanol–water partition coefficient (Wildman–Crippen LogP) is 1.76. The second kappa shape index (κ2) is 6.36. The van der Waals surface area contributed by atoms with Crippen molar-refractivity contribution >= 4 is 5.82 Å². The monoisotopic (exact) mass is 293 g/mol. The van der Waals surface area contributed by atoms with Crippen molar-refractivity contribution in [3.63, 3.8) is 0 Å². The van der Waals surface area contributed by atoms with E-state index in [9.17, 15) is 0 Å². The van der Waals surface area contributed by atoms with Gasteiger partial charge in [-0.1, -0.05) is 6.92 Å². The molecule has 0 bridgehead atoms. The second-order valence-electron chi connectivity index (χ2n) is 6.84. The summed E-state index contributed by atoms with van der Waals surface area (Å²) in [4.78, 5) is 4.95. The number of aryl methyl sites for hydroxylation is 2. The fraction of sp³-hybridized carbons (Fsp3) is 0.812. The molecule has 2 rings (SSSR count). The molecule has 0 spiro atoms. The van der Waals surface area contributed by atoms with Gasteiger partial charge >= 0.3 is 0 Å². The zero-order chi connectivity index (χ0) is 15.6. The summed E-state index contributed by atoms with van der Waals surface area (Å²) in [6.45, 7) is 14.1. The molecule has 1 fully saturated rings. The first-order chi connectivity index (χ1) is 9.86. The number of rotatable bonds is 5. The normalized spacial score (nSPS) is 19.2. The van der Waals surface area contributed by atoms with E-state index < -0.39 is 0 Å². The minimum atomic E-state index is 0.199. The van der Waals surface area contributed by atoms with Gasteiger partial charge in [0.05, 0.1) is 5.69 Å². The number of likely N-dealkylation sites (N-methyl/N-ethyl adjacent to an activating group) is 1. The lowest BCUT2D eigenvalue weighted by Gasteiger charge is -2.46. The van der Waals surface area contributed by atoms with E-state index in [1.807, 2.05) is 0 Å². The van der Waals surface area contributed by atoms with Crippen LogP contribution in [0.15, 0.2) is 0 Å². The van der Waals surface area contributed by atoms with E-state index in [1.165, 1.54) is 11.4 Å². The van der Waals surface area contributed by atoms with Crippen LogP contribution in [0.25, 0.3) is 0 Å². The fourth-order valence-electron chi connectivity index (χ4n) is 3.10. The molecule has 0 aromatic carbocycles. The number of hydrogen-bond donors (Lipinski definition) is 1. The molecule has 0 aliphatic carbocycles. The van der Waals surface area contributed by atoms with Crippen molar-refractivity contribution < 1.29 is 0 Å². The summed E-state index contributed by atoms with van der Waals surface area (Å²) in [6.07, 6.45) is 1.16. The first kappa shape index (κ1) is 16.3. The molecule has 1 aromatic rings. The first-order valence-electron chi connectivity index (χ1n) is 8.06. The molecule has 1 saturated heterocycles. The lowest BCUT2D eigenvalue weighted by molar-refractivity contribution is 0.138. The Hall–Kier alpha value is -1.07. The minimum absolute atomic E-state index is 0.199. The quantitative estimate of drug-likeness (QED) is 0.839. The molecule has 0 saturated carbocycles. The highest BCUT2D eigenvalue weighted by atomic mass is 15.4. The van der Waals surface area contributed by atoms with Crippen LogP contribution in [0.2, 0.25) is 0 Å². The molecule has 0 atom stereocenters. The molecule has 2 heterocycles. The van der Waals surface area contributed by atoms with Crippen molar-refractivity contribution in [2.24, 2.45) is 7.05 Å². The molecule has 1 aliphatic rings. The Bertz CT molecular complexity index is 477. The average molecular weight is 293 g/mol. The van der Waals surface area contributed by atoms with E-state index in [2.05, 4.69) is 66.7 Å². The Morgan fingerprint density at radius 3 is 2.57 bits per heavy atom. The maximum Gasteiger partial charge on any atom is 0.131 e. The first-order valence-corrected chi connectivity index (χ1v) is 8.06. The fourth-order valence-corrected chi connectivity index (χ4v) is 3.10. The Morgan fingerprint density at radius 2 is 1.95 bits per heavy atom. The van der Waals surface area contributed by atoms with Crippen molar-refractivity contribution in [3.8, 4) is 0 Å². The summed E-state index contributed by atoms with van der Waals surface area (Å²) >= 11 is 0. The zero-order valence-electron chi connectivity index (χ0n) is 14.5. The second-order valence-corrected chi connectivity index (χ2v) is 6.84. The van der Waals surface area contributed by atoms with Gasteiger partial charge in [-0.15, -0.1) is 0 Å². The number of nitrogens with zero attached hydrogens (tertiary/aromatic N) is 4. The smallest absolute Gasteiger partial charge is 0.131 e. The summed E-state index contributed by atoms with van der Waals surface area (Å²) in [7, 11) is 4.28. The summed E-state index contributed by atoms with van der Waals surface area (Å²) < 4.78 is 2.06. The molecule has 0 unspecified atom stereocenters. The van der Waals surface area contributed by atoms with Crippen LogP contribution in [-0.2, 0) is 13.6 Å². The molecular weight excluding hydrogens is 262 g/mol. The summed E-state index contributed by atoms with van der Waals surface area (Å²) in [5.74, 6) is 1.29. The van der Waals surface area contributed by atoms with Crippen molar-refractivity contribution in [2.75, 3.05) is 38.1 Å². The molecule has 21 heavy (non-hydrogen) atoms. The highest BCUT2D eigenvalue weighted by Gasteiger charge is 2.33. The largest absolute Gasteiger partial charge is 0.353 e. The summed E-state index contributed by atoms with van der Waals surface area (Å²) in [5, 5.41) is 8.18. The number of hydrogen-bond acceptors (Lipinski definition) is 4. The van der Waals surface area contributed by atoms with Gasteiger partial charge in [0.2, 0.25) is 0 Å². The third kappa shape index (κ3) is 3.40. The average Bonchev–Trinajstić information content (AvgIpc) is 2.68. The Kier molecular flexibility index (Phi) is 4.94. The number of piperazine rings is 1.